The first kappa shape index (κ1) is 7.21. The monoisotopic (exact) mass is 156 g/mol. The summed E-state index contributed by atoms with van der Waals surface area (Å²) in [6, 6.07) is 0. The molecule has 0 saturated carbocycles. The van der Waals surface area contributed by atoms with Crippen LogP contribution in [0.15, 0.2) is 0 Å². The first-order chi connectivity index (χ1) is 4.77. The number of carbonyl (C=O) groups excluding carboxylic acids is 1. The summed E-state index contributed by atoms with van der Waals surface area (Å²) >= 11 is 1.28. The van der Waals surface area contributed by atoms with Crippen molar-refractivity contribution in [3.63, 3.8) is 0 Å². The van der Waals surface area contributed by atoms with E-state index in [0.29, 0.717) is 10.8 Å². The Bertz CT molecular complexity index is 244. The Balaban J connectivity index is 3.08. The van der Waals surface area contributed by atoms with Crippen LogP contribution >= 0.6 is 11.3 Å². The van der Waals surface area contributed by atoms with Gasteiger partial charge in [-0.25, -0.2) is 4.98 Å². The first-order valence-electron chi connectivity index (χ1n) is 2.67. The molecule has 0 spiro atoms. The molecule has 10 heavy (non-hydrogen) atoms. The zero-order chi connectivity index (χ0) is 7.56. The molecule has 0 saturated heterocycles. The van der Waals surface area contributed by atoms with E-state index in [2.05, 4.69) is 4.98 Å². The normalized spacial score (nSPS) is 9.40. The lowest BCUT2D eigenvalue weighted by Crippen LogP contribution is -1.86. The SMILES string of the molecule is COc1nc(C)sc1[C]=O. The van der Waals surface area contributed by atoms with Crippen LogP contribution in [-0.2, 0) is 4.79 Å². The summed E-state index contributed by atoms with van der Waals surface area (Å²) in [5, 5.41) is 0.815. The summed E-state index contributed by atoms with van der Waals surface area (Å²) in [6.45, 7) is 1.81. The molecule has 0 aliphatic rings. The van der Waals surface area contributed by atoms with Crippen molar-refractivity contribution in [2.75, 3.05) is 7.11 Å². The zero-order valence-electron chi connectivity index (χ0n) is 5.67. The molecule has 0 aromatic carbocycles. The second-order valence-electron chi connectivity index (χ2n) is 1.67. The van der Waals surface area contributed by atoms with E-state index < -0.39 is 0 Å². The van der Waals surface area contributed by atoms with Crippen molar-refractivity contribution in [3.8, 4) is 5.88 Å². The van der Waals surface area contributed by atoms with Crippen LogP contribution < -0.4 is 4.74 Å². The average Bonchev–Trinajstić information content (AvgIpc) is 2.30. The summed E-state index contributed by atoms with van der Waals surface area (Å²) in [4.78, 5) is 14.5. The lowest BCUT2D eigenvalue weighted by molar-refractivity contribution is 0.398. The van der Waals surface area contributed by atoms with E-state index in [1.807, 2.05) is 6.92 Å². The van der Waals surface area contributed by atoms with Crippen LogP contribution in [0.25, 0.3) is 0 Å². The van der Waals surface area contributed by atoms with Gasteiger partial charge in [0.15, 0.2) is 0 Å². The Labute approximate surface area is 62.7 Å². The third kappa shape index (κ3) is 1.16. The molecular weight excluding hydrogens is 150 g/mol. The van der Waals surface area contributed by atoms with Gasteiger partial charge in [-0.05, 0) is 6.92 Å². The Morgan fingerprint density at radius 1 is 1.70 bits per heavy atom. The predicted molar refractivity (Wildman–Crippen MR) is 38.2 cm³/mol. The van der Waals surface area contributed by atoms with Crippen LogP contribution in [0, 0.1) is 6.92 Å². The molecule has 53 valence electrons. The summed E-state index contributed by atoms with van der Waals surface area (Å²) < 4.78 is 4.79. The standard InChI is InChI=1S/C6H6NO2S/c1-4-7-6(9-2)5(3-8)10-4/h1-2H3. The minimum Gasteiger partial charge on any atom is -0.480 e. The lowest BCUT2D eigenvalue weighted by atomic mass is 10.6. The molecule has 1 heterocycles. The molecule has 0 unspecified atom stereocenters. The zero-order valence-corrected chi connectivity index (χ0v) is 6.49. The maximum Gasteiger partial charge on any atom is 0.250 e. The van der Waals surface area contributed by atoms with Gasteiger partial charge in [0.2, 0.25) is 12.2 Å². The van der Waals surface area contributed by atoms with E-state index >= 15 is 0 Å². The fraction of sp³-hybridized carbons (Fsp3) is 0.333. The van der Waals surface area contributed by atoms with Gasteiger partial charge in [0.05, 0.1) is 12.1 Å². The van der Waals surface area contributed by atoms with Gasteiger partial charge >= 0.3 is 0 Å². The van der Waals surface area contributed by atoms with Gasteiger partial charge in [-0.2, -0.15) is 0 Å². The van der Waals surface area contributed by atoms with Crippen LogP contribution in [0.3, 0.4) is 0 Å². The van der Waals surface area contributed by atoms with Crippen LogP contribution in [-0.4, -0.2) is 18.4 Å². The molecule has 0 aliphatic carbocycles. The topological polar surface area (TPSA) is 39.2 Å². The van der Waals surface area contributed by atoms with E-state index in [0.717, 1.165) is 5.01 Å². The van der Waals surface area contributed by atoms with E-state index in [-0.39, 0.29) is 0 Å². The largest absolute Gasteiger partial charge is 0.480 e. The number of aromatic nitrogens is 1. The van der Waals surface area contributed by atoms with Crippen LogP contribution in [0.4, 0.5) is 0 Å². The molecule has 1 radical (unpaired) electrons. The van der Waals surface area contributed by atoms with Gasteiger partial charge < -0.3 is 4.74 Å². The minimum atomic E-state index is 0.373. The number of rotatable bonds is 2. The molecule has 0 N–H and O–H groups in total. The Kier molecular flexibility index (Phi) is 2.01. The quantitative estimate of drug-likeness (QED) is 0.639. The molecule has 0 fully saturated rings. The van der Waals surface area contributed by atoms with Crippen molar-refractivity contribution in [2.24, 2.45) is 0 Å². The molecule has 1 aromatic heterocycles. The Morgan fingerprint density at radius 3 is 2.80 bits per heavy atom. The fourth-order valence-electron chi connectivity index (χ4n) is 0.611. The van der Waals surface area contributed by atoms with E-state index in [1.54, 1.807) is 6.29 Å². The van der Waals surface area contributed by atoms with E-state index in [9.17, 15) is 4.79 Å². The van der Waals surface area contributed by atoms with Crippen molar-refractivity contribution in [2.45, 2.75) is 6.92 Å². The second-order valence-corrected chi connectivity index (χ2v) is 2.88. The Morgan fingerprint density at radius 2 is 2.40 bits per heavy atom. The highest BCUT2D eigenvalue weighted by Crippen LogP contribution is 2.21. The molecule has 0 atom stereocenters. The van der Waals surface area contributed by atoms with Crippen LogP contribution in [0.2, 0.25) is 0 Å². The van der Waals surface area contributed by atoms with Crippen LogP contribution in [0.5, 0.6) is 5.88 Å². The van der Waals surface area contributed by atoms with Gasteiger partial charge in [-0.15, -0.1) is 11.3 Å². The molecule has 1 rings (SSSR count). The molecule has 3 nitrogen and oxygen atoms in total. The van der Waals surface area contributed by atoms with Gasteiger partial charge in [-0.1, -0.05) is 0 Å². The maximum atomic E-state index is 10.2. The molecule has 1 aromatic rings. The van der Waals surface area contributed by atoms with Crippen molar-refractivity contribution < 1.29 is 9.53 Å². The minimum absolute atomic E-state index is 0.373. The third-order valence-corrected chi connectivity index (χ3v) is 1.84. The number of methoxy groups -OCH3 is 1. The number of aryl methyl sites for hydroxylation is 1. The highest BCUT2D eigenvalue weighted by molar-refractivity contribution is 7.13. The summed E-state index contributed by atoms with van der Waals surface area (Å²) in [5.74, 6) is 0.373. The number of nitrogens with zero attached hydrogens (tertiary/aromatic N) is 1. The second kappa shape index (κ2) is 2.79. The number of hydrogen-bond donors (Lipinski definition) is 0. The van der Waals surface area contributed by atoms with Crippen molar-refractivity contribution >= 4 is 17.6 Å². The first-order valence-corrected chi connectivity index (χ1v) is 3.49. The molecule has 0 bridgehead atoms. The van der Waals surface area contributed by atoms with E-state index in [4.69, 9.17) is 4.74 Å². The number of hydrogen-bond acceptors (Lipinski definition) is 4. The van der Waals surface area contributed by atoms with Crippen LogP contribution in [0.1, 0.15) is 9.88 Å². The number of ether oxygens (including phenoxy) is 1. The molecular formula is C6H6NO2S. The smallest absolute Gasteiger partial charge is 0.250 e. The van der Waals surface area contributed by atoms with Crippen molar-refractivity contribution in [1.82, 2.24) is 4.98 Å². The fourth-order valence-corrected chi connectivity index (χ4v) is 1.29. The highest BCUT2D eigenvalue weighted by atomic mass is 32.1. The highest BCUT2D eigenvalue weighted by Gasteiger charge is 2.07. The van der Waals surface area contributed by atoms with E-state index in [1.165, 1.54) is 18.4 Å². The van der Waals surface area contributed by atoms with Gasteiger partial charge in [0.1, 0.15) is 4.88 Å². The molecule has 4 heteroatoms. The summed E-state index contributed by atoms with van der Waals surface area (Å²) in [6.07, 6.45) is 1.75. The van der Waals surface area contributed by atoms with Crippen molar-refractivity contribution in [1.29, 1.82) is 0 Å². The van der Waals surface area contributed by atoms with Crippen molar-refractivity contribution in [3.05, 3.63) is 9.88 Å². The van der Waals surface area contributed by atoms with Gasteiger partial charge in [0, 0.05) is 0 Å². The summed E-state index contributed by atoms with van der Waals surface area (Å²) in [5.41, 5.74) is 0. The predicted octanol–water partition coefficient (Wildman–Crippen LogP) is 0.918. The third-order valence-electron chi connectivity index (χ3n) is 0.989. The summed E-state index contributed by atoms with van der Waals surface area (Å²) in [7, 11) is 1.48. The molecule has 0 aliphatic heterocycles. The van der Waals surface area contributed by atoms with Gasteiger partial charge in [0.25, 0.3) is 0 Å². The Hall–Kier alpha value is -0.900. The molecule has 0 amide bonds. The lowest BCUT2D eigenvalue weighted by Gasteiger charge is -1.89. The van der Waals surface area contributed by atoms with Gasteiger partial charge in [-0.3, -0.25) is 4.79 Å². The maximum absolute atomic E-state index is 10.2. The average molecular weight is 156 g/mol. The number of thiazole rings is 1.